The van der Waals surface area contributed by atoms with Crippen LogP contribution in [0.15, 0.2) is 30.6 Å². The number of anilines is 2. The average molecular weight is 269 g/mol. The zero-order valence-corrected chi connectivity index (χ0v) is 11.8. The molecule has 0 fully saturated rings. The number of fused-ring (bicyclic) bond motifs is 1. The fraction of sp³-hybridized carbons (Fsp3) is 0.333. The highest BCUT2D eigenvalue weighted by Gasteiger charge is 2.24. The molecule has 0 radical (unpaired) electrons. The van der Waals surface area contributed by atoms with Gasteiger partial charge in [-0.3, -0.25) is 0 Å². The van der Waals surface area contributed by atoms with Crippen LogP contribution in [-0.4, -0.2) is 9.97 Å². The zero-order chi connectivity index (χ0) is 14.1. The molecule has 0 bridgehead atoms. The molecule has 0 saturated heterocycles. The lowest BCUT2D eigenvalue weighted by Gasteiger charge is -2.23. The molecule has 2 heterocycles. The summed E-state index contributed by atoms with van der Waals surface area (Å²) < 4.78 is 0. The van der Waals surface area contributed by atoms with Crippen molar-refractivity contribution in [2.75, 3.05) is 10.3 Å². The standard InChI is InChI=1S/C15H19N5/c1-10(2)13-14(19-16)17-9-18-15(13)20-7-11-5-3-4-6-12(11)8-20/h3-6,9-10H,7-8,16H2,1-2H3,(H,17,18,19). The molecule has 0 saturated carbocycles. The summed E-state index contributed by atoms with van der Waals surface area (Å²) in [5, 5.41) is 0. The van der Waals surface area contributed by atoms with Crippen molar-refractivity contribution < 1.29 is 0 Å². The summed E-state index contributed by atoms with van der Waals surface area (Å²) in [5.41, 5.74) is 6.48. The number of nitrogens with two attached hydrogens (primary N) is 1. The van der Waals surface area contributed by atoms with Crippen LogP contribution < -0.4 is 16.2 Å². The maximum Gasteiger partial charge on any atom is 0.148 e. The third-order valence-electron chi connectivity index (χ3n) is 3.72. The van der Waals surface area contributed by atoms with E-state index in [0.29, 0.717) is 11.7 Å². The van der Waals surface area contributed by atoms with Gasteiger partial charge in [0.25, 0.3) is 0 Å². The van der Waals surface area contributed by atoms with Gasteiger partial charge in [0.05, 0.1) is 0 Å². The summed E-state index contributed by atoms with van der Waals surface area (Å²) >= 11 is 0. The number of benzene rings is 1. The smallest absolute Gasteiger partial charge is 0.148 e. The fourth-order valence-corrected chi connectivity index (χ4v) is 2.77. The minimum Gasteiger partial charge on any atom is -0.348 e. The Morgan fingerprint density at radius 2 is 1.80 bits per heavy atom. The molecule has 2 aromatic rings. The molecule has 0 spiro atoms. The SMILES string of the molecule is CC(C)c1c(NN)ncnc1N1Cc2ccccc2C1. The molecule has 1 aliphatic heterocycles. The predicted molar refractivity (Wildman–Crippen MR) is 80.3 cm³/mol. The highest BCUT2D eigenvalue weighted by molar-refractivity contribution is 5.61. The van der Waals surface area contributed by atoms with E-state index in [2.05, 4.69) is 58.4 Å². The molecule has 1 aliphatic rings. The van der Waals surface area contributed by atoms with Crippen molar-refractivity contribution in [2.45, 2.75) is 32.9 Å². The maximum atomic E-state index is 5.58. The molecule has 20 heavy (non-hydrogen) atoms. The van der Waals surface area contributed by atoms with Crippen molar-refractivity contribution in [3.63, 3.8) is 0 Å². The van der Waals surface area contributed by atoms with Crippen LogP contribution in [0.3, 0.4) is 0 Å². The summed E-state index contributed by atoms with van der Waals surface area (Å²) in [6.07, 6.45) is 1.57. The van der Waals surface area contributed by atoms with E-state index in [-0.39, 0.29) is 0 Å². The molecule has 3 N–H and O–H groups in total. The molecule has 104 valence electrons. The van der Waals surface area contributed by atoms with Gasteiger partial charge in [-0.05, 0) is 17.0 Å². The quantitative estimate of drug-likeness (QED) is 0.661. The fourth-order valence-electron chi connectivity index (χ4n) is 2.77. The van der Waals surface area contributed by atoms with Crippen molar-refractivity contribution in [1.29, 1.82) is 0 Å². The maximum absolute atomic E-state index is 5.58. The van der Waals surface area contributed by atoms with E-state index in [1.54, 1.807) is 6.33 Å². The lowest BCUT2D eigenvalue weighted by molar-refractivity contribution is 0.791. The van der Waals surface area contributed by atoms with Gasteiger partial charge in [-0.1, -0.05) is 38.1 Å². The molecule has 1 aromatic heterocycles. The van der Waals surface area contributed by atoms with Crippen molar-refractivity contribution in [3.8, 4) is 0 Å². The Labute approximate surface area is 118 Å². The van der Waals surface area contributed by atoms with E-state index < -0.39 is 0 Å². The molecule has 0 atom stereocenters. The first-order valence-electron chi connectivity index (χ1n) is 6.84. The zero-order valence-electron chi connectivity index (χ0n) is 11.8. The lowest BCUT2D eigenvalue weighted by Crippen LogP contribution is -2.21. The lowest BCUT2D eigenvalue weighted by atomic mass is 10.0. The number of hydrogen-bond donors (Lipinski definition) is 2. The first-order valence-corrected chi connectivity index (χ1v) is 6.84. The van der Waals surface area contributed by atoms with Crippen LogP contribution in [0.25, 0.3) is 0 Å². The van der Waals surface area contributed by atoms with Gasteiger partial charge in [-0.2, -0.15) is 0 Å². The van der Waals surface area contributed by atoms with Gasteiger partial charge >= 0.3 is 0 Å². The first-order chi connectivity index (χ1) is 9.70. The summed E-state index contributed by atoms with van der Waals surface area (Å²) in [5.74, 6) is 7.57. The van der Waals surface area contributed by atoms with E-state index in [1.807, 2.05) is 0 Å². The van der Waals surface area contributed by atoms with Crippen molar-refractivity contribution >= 4 is 11.6 Å². The first kappa shape index (κ1) is 12.9. The minimum absolute atomic E-state index is 0.306. The summed E-state index contributed by atoms with van der Waals surface area (Å²) in [6.45, 7) is 6.03. The van der Waals surface area contributed by atoms with Gasteiger partial charge in [0.2, 0.25) is 0 Å². The Hall–Kier alpha value is -2.14. The van der Waals surface area contributed by atoms with Gasteiger partial charge < -0.3 is 10.3 Å². The summed E-state index contributed by atoms with van der Waals surface area (Å²) in [6, 6.07) is 8.51. The number of rotatable bonds is 3. The molecule has 0 amide bonds. The molecule has 0 unspecified atom stereocenters. The van der Waals surface area contributed by atoms with Crippen molar-refractivity contribution in [2.24, 2.45) is 5.84 Å². The largest absolute Gasteiger partial charge is 0.348 e. The van der Waals surface area contributed by atoms with Crippen LogP contribution in [0.1, 0.15) is 36.5 Å². The molecule has 5 nitrogen and oxygen atoms in total. The molecule has 3 rings (SSSR count). The Kier molecular flexibility index (Phi) is 3.28. The highest BCUT2D eigenvalue weighted by atomic mass is 15.3. The normalized spacial score (nSPS) is 13.7. The summed E-state index contributed by atoms with van der Waals surface area (Å²) in [7, 11) is 0. The van der Waals surface area contributed by atoms with Crippen LogP contribution in [-0.2, 0) is 13.1 Å². The average Bonchev–Trinajstić information content (AvgIpc) is 2.90. The molecule has 5 heteroatoms. The van der Waals surface area contributed by atoms with Crippen molar-refractivity contribution in [1.82, 2.24) is 9.97 Å². The Morgan fingerprint density at radius 3 is 2.35 bits per heavy atom. The van der Waals surface area contributed by atoms with Crippen LogP contribution in [0, 0.1) is 0 Å². The van der Waals surface area contributed by atoms with E-state index in [9.17, 15) is 0 Å². The van der Waals surface area contributed by atoms with Gasteiger partial charge in [0.1, 0.15) is 18.0 Å². The van der Waals surface area contributed by atoms with Crippen molar-refractivity contribution in [3.05, 3.63) is 47.3 Å². The third kappa shape index (κ3) is 2.10. The molecular formula is C15H19N5. The van der Waals surface area contributed by atoms with Crippen LogP contribution >= 0.6 is 0 Å². The predicted octanol–water partition coefficient (Wildman–Crippen LogP) is 2.41. The Bertz CT molecular complexity index is 598. The topological polar surface area (TPSA) is 67.1 Å². The van der Waals surface area contributed by atoms with Gasteiger partial charge in [0, 0.05) is 18.7 Å². The summed E-state index contributed by atoms with van der Waals surface area (Å²) in [4.78, 5) is 11.0. The molecule has 1 aromatic carbocycles. The van der Waals surface area contributed by atoms with E-state index in [4.69, 9.17) is 5.84 Å². The van der Waals surface area contributed by atoms with E-state index >= 15 is 0 Å². The number of nitrogens with one attached hydrogen (secondary N) is 1. The van der Waals surface area contributed by atoms with E-state index in [0.717, 1.165) is 24.5 Å². The number of nitrogens with zero attached hydrogens (tertiary/aromatic N) is 3. The van der Waals surface area contributed by atoms with Crippen LogP contribution in [0.4, 0.5) is 11.6 Å². The van der Waals surface area contributed by atoms with Crippen LogP contribution in [0.2, 0.25) is 0 Å². The second kappa shape index (κ2) is 5.09. The second-order valence-electron chi connectivity index (χ2n) is 5.38. The minimum atomic E-state index is 0.306. The third-order valence-corrected chi connectivity index (χ3v) is 3.72. The Morgan fingerprint density at radius 1 is 1.15 bits per heavy atom. The monoisotopic (exact) mass is 269 g/mol. The number of aromatic nitrogens is 2. The number of hydrogen-bond acceptors (Lipinski definition) is 5. The van der Waals surface area contributed by atoms with Gasteiger partial charge in [-0.15, -0.1) is 0 Å². The second-order valence-corrected chi connectivity index (χ2v) is 5.38. The van der Waals surface area contributed by atoms with Gasteiger partial charge in [0.15, 0.2) is 0 Å². The number of hydrazine groups is 1. The highest BCUT2D eigenvalue weighted by Crippen LogP contribution is 2.34. The Balaban J connectivity index is 2.00. The molecule has 0 aliphatic carbocycles. The van der Waals surface area contributed by atoms with Gasteiger partial charge in [-0.25, -0.2) is 15.8 Å². The number of nitrogen functional groups attached to an aromatic ring is 1. The van der Waals surface area contributed by atoms with Crippen LogP contribution in [0.5, 0.6) is 0 Å². The van der Waals surface area contributed by atoms with E-state index in [1.165, 1.54) is 11.1 Å². The molecular weight excluding hydrogens is 250 g/mol.